The molecule has 0 fully saturated rings. The predicted octanol–water partition coefficient (Wildman–Crippen LogP) is 7.71. The van der Waals surface area contributed by atoms with E-state index in [2.05, 4.69) is 36.4 Å². The molecule has 0 aliphatic carbocycles. The fraction of sp³-hybridized carbons (Fsp3) is 0.0323. The molecule has 2 aromatic heterocycles. The van der Waals surface area contributed by atoms with Crippen LogP contribution < -0.4 is 0 Å². The minimum absolute atomic E-state index is 0. The van der Waals surface area contributed by atoms with Crippen LogP contribution in [0.25, 0.3) is 44.3 Å². The number of aliphatic hydroxyl groups excluding tert-OH is 1. The van der Waals surface area contributed by atoms with Crippen molar-refractivity contribution in [2.24, 2.45) is 0 Å². The summed E-state index contributed by atoms with van der Waals surface area (Å²) in [6, 6.07) is 34.2. The van der Waals surface area contributed by atoms with E-state index in [1.54, 1.807) is 6.08 Å². The van der Waals surface area contributed by atoms with Crippen LogP contribution in [0.5, 0.6) is 0 Å². The van der Waals surface area contributed by atoms with E-state index in [1.807, 2.05) is 66.7 Å². The van der Waals surface area contributed by atoms with Crippen LogP contribution in [0, 0.1) is 18.7 Å². The van der Waals surface area contributed by atoms with E-state index in [4.69, 9.17) is 21.7 Å². The monoisotopic (exact) mass is 632 g/mol. The Balaban J connectivity index is 0.000000332. The Labute approximate surface area is 219 Å². The summed E-state index contributed by atoms with van der Waals surface area (Å²) in [7, 11) is 0. The Morgan fingerprint density at radius 1 is 0.743 bits per heavy atom. The molecule has 4 heteroatoms. The largest absolute Gasteiger partial charge is 3.00 e. The van der Waals surface area contributed by atoms with Crippen molar-refractivity contribution in [2.45, 2.75) is 6.42 Å². The van der Waals surface area contributed by atoms with Crippen LogP contribution in [0.1, 0.15) is 6.42 Å². The average molecular weight is 632 g/mol. The molecule has 3 aromatic carbocycles. The van der Waals surface area contributed by atoms with Gasteiger partial charge in [0.25, 0.3) is 0 Å². The van der Waals surface area contributed by atoms with Crippen molar-refractivity contribution in [1.82, 2.24) is 9.97 Å². The van der Waals surface area contributed by atoms with Gasteiger partial charge < -0.3 is 11.7 Å². The Hall–Kier alpha value is -3.85. The van der Waals surface area contributed by atoms with Gasteiger partial charge in [-0.2, -0.15) is 6.08 Å². The van der Waals surface area contributed by atoms with E-state index >= 15 is 0 Å². The van der Waals surface area contributed by atoms with Gasteiger partial charge in [0.05, 0.1) is 11.0 Å². The molecule has 0 spiro atoms. The molecular formula is C31H23IrN2O. The number of hydrogen-bond acceptors (Lipinski definition) is 3. The number of pyridine rings is 2. The summed E-state index contributed by atoms with van der Waals surface area (Å²) in [6.45, 7) is 5.03. The van der Waals surface area contributed by atoms with E-state index in [1.165, 1.54) is 12.2 Å². The molecule has 35 heavy (non-hydrogen) atoms. The molecule has 0 atom stereocenters. The second kappa shape index (κ2) is 13.1. The molecule has 0 saturated carbocycles. The quantitative estimate of drug-likeness (QED) is 0.123. The zero-order valence-corrected chi connectivity index (χ0v) is 21.3. The zero-order chi connectivity index (χ0) is 23.6. The molecule has 0 radical (unpaired) electrons. The fourth-order valence-electron chi connectivity index (χ4n) is 3.45. The number of aliphatic hydroxyl groups is 1. The van der Waals surface area contributed by atoms with Crippen molar-refractivity contribution in [1.29, 1.82) is 0 Å². The zero-order valence-electron chi connectivity index (χ0n) is 18.9. The molecule has 1 N–H and O–H groups in total. The third kappa shape index (κ3) is 6.83. The number of rotatable bonds is 5. The van der Waals surface area contributed by atoms with Gasteiger partial charge in [-0.25, -0.2) is 6.08 Å². The van der Waals surface area contributed by atoms with Gasteiger partial charge in [-0.15, -0.1) is 24.3 Å². The maximum atomic E-state index is 8.06. The van der Waals surface area contributed by atoms with Crippen molar-refractivity contribution in [3.05, 3.63) is 134 Å². The molecular weight excluding hydrogens is 609 g/mol. The van der Waals surface area contributed by atoms with E-state index in [0.717, 1.165) is 50.6 Å². The summed E-state index contributed by atoms with van der Waals surface area (Å²) >= 11 is 0. The molecule has 0 bridgehead atoms. The van der Waals surface area contributed by atoms with Gasteiger partial charge in [-0.1, -0.05) is 84.5 Å². The second-order valence-corrected chi connectivity index (χ2v) is 7.41. The van der Waals surface area contributed by atoms with Gasteiger partial charge in [0.15, 0.2) is 0 Å². The number of nitrogens with zero attached hydrogens (tertiary/aromatic N) is 2. The molecule has 0 aliphatic heterocycles. The number of aromatic nitrogens is 2. The molecule has 0 unspecified atom stereocenters. The molecule has 3 nitrogen and oxygen atoms in total. The van der Waals surface area contributed by atoms with Gasteiger partial charge >= 0.3 is 20.1 Å². The topological polar surface area (TPSA) is 46.0 Å². The molecule has 0 saturated heterocycles. The maximum absolute atomic E-state index is 8.06. The third-order valence-corrected chi connectivity index (χ3v) is 5.09. The van der Waals surface area contributed by atoms with E-state index < -0.39 is 0 Å². The average Bonchev–Trinajstić information content (AvgIpc) is 2.91. The maximum Gasteiger partial charge on any atom is 3.00 e. The molecule has 0 aliphatic rings. The summed E-state index contributed by atoms with van der Waals surface area (Å²) in [6.07, 6.45) is 8.91. The molecule has 172 valence electrons. The third-order valence-electron chi connectivity index (χ3n) is 5.09. The number of fused-ring (bicyclic) bond motifs is 2. The minimum Gasteiger partial charge on any atom is -0.600 e. The Morgan fingerprint density at radius 2 is 1.29 bits per heavy atom. The van der Waals surface area contributed by atoms with Crippen LogP contribution in [0.4, 0.5) is 0 Å². The minimum atomic E-state index is 0. The first-order valence-corrected chi connectivity index (χ1v) is 10.9. The van der Waals surface area contributed by atoms with Gasteiger partial charge in [0.1, 0.15) is 0 Å². The van der Waals surface area contributed by atoms with Gasteiger partial charge in [0.2, 0.25) is 0 Å². The van der Waals surface area contributed by atoms with Crippen molar-refractivity contribution in [3.63, 3.8) is 0 Å². The summed E-state index contributed by atoms with van der Waals surface area (Å²) < 4.78 is 0. The van der Waals surface area contributed by atoms with E-state index in [9.17, 15) is 0 Å². The van der Waals surface area contributed by atoms with Crippen LogP contribution in [-0.2, 0) is 20.1 Å². The first-order valence-electron chi connectivity index (χ1n) is 10.9. The van der Waals surface area contributed by atoms with E-state index in [-0.39, 0.29) is 20.1 Å². The number of hydrogen-bond donors (Lipinski definition) is 1. The number of benzene rings is 3. The Morgan fingerprint density at radius 3 is 1.80 bits per heavy atom. The number of allylic oxidation sites excluding steroid dienone is 4. The normalized spacial score (nSPS) is 10.7. The van der Waals surface area contributed by atoms with Gasteiger partial charge in [0, 0.05) is 11.4 Å². The second-order valence-electron chi connectivity index (χ2n) is 7.41. The summed E-state index contributed by atoms with van der Waals surface area (Å²) in [4.78, 5) is 9.56. The van der Waals surface area contributed by atoms with Crippen LogP contribution in [-0.4, -0.2) is 15.1 Å². The van der Waals surface area contributed by atoms with Crippen LogP contribution in [0.15, 0.2) is 115 Å². The van der Waals surface area contributed by atoms with E-state index in [0.29, 0.717) is 6.42 Å². The Kier molecular flexibility index (Phi) is 9.68. The summed E-state index contributed by atoms with van der Waals surface area (Å²) in [5, 5.41) is 10.3. The smallest absolute Gasteiger partial charge is 0.600 e. The molecule has 5 aromatic rings. The van der Waals surface area contributed by atoms with Crippen molar-refractivity contribution in [3.8, 4) is 22.5 Å². The molecule has 2 heterocycles. The van der Waals surface area contributed by atoms with Crippen molar-refractivity contribution >= 4 is 21.8 Å². The van der Waals surface area contributed by atoms with Gasteiger partial charge in [-0.3, -0.25) is 22.1 Å². The first-order chi connectivity index (χ1) is 16.8. The van der Waals surface area contributed by atoms with Crippen LogP contribution in [0.3, 0.4) is 0 Å². The number of para-hydroxylation sites is 2. The SMILES string of the molecule is [CH-]=CCC=[C-]C=CO.[Ir+3].[c-]1c(-c2ccc3ccccc3n2)cccc1-c1ccc2ccccc2n1. The standard InChI is InChI=1S/C24H15N2.C7H8O.Ir/c1-3-10-21-17(6-1)12-14-23(25-21)19-8-5-9-20(16-19)24-15-13-18-7-2-4-11-22(18)26-24;1-2-3-4-5-6-7-8;/h1-15H;1-2,4,6-8H,3H2;/q-1;-2;+3. The van der Waals surface area contributed by atoms with Crippen LogP contribution in [0.2, 0.25) is 0 Å². The molecule has 5 rings (SSSR count). The predicted molar refractivity (Wildman–Crippen MR) is 140 cm³/mol. The summed E-state index contributed by atoms with van der Waals surface area (Å²) in [5.74, 6) is 0. The van der Waals surface area contributed by atoms with Crippen molar-refractivity contribution < 1.29 is 25.2 Å². The summed E-state index contributed by atoms with van der Waals surface area (Å²) in [5.41, 5.74) is 5.78. The Bertz CT molecular complexity index is 1380. The van der Waals surface area contributed by atoms with Crippen molar-refractivity contribution in [2.75, 3.05) is 0 Å². The first kappa shape index (κ1) is 25.8. The fourth-order valence-corrected chi connectivity index (χ4v) is 3.45. The van der Waals surface area contributed by atoms with Gasteiger partial charge in [-0.05, 0) is 22.9 Å². The molecule has 0 amide bonds. The van der Waals surface area contributed by atoms with Crippen LogP contribution >= 0.6 is 0 Å².